The van der Waals surface area contributed by atoms with Crippen molar-refractivity contribution in [2.75, 3.05) is 37.7 Å². The first-order chi connectivity index (χ1) is 7.94. The van der Waals surface area contributed by atoms with Crippen molar-refractivity contribution >= 4 is 15.7 Å². The van der Waals surface area contributed by atoms with Crippen LogP contribution in [0.4, 0.5) is 0 Å². The zero-order valence-electron chi connectivity index (χ0n) is 10.2. The van der Waals surface area contributed by atoms with E-state index < -0.39 is 15.7 Å². The number of likely N-dealkylation sites (N-methyl/N-ethyl adjacent to an activating group) is 1. The molecule has 0 radical (unpaired) electrons. The van der Waals surface area contributed by atoms with Crippen LogP contribution in [0.3, 0.4) is 0 Å². The highest BCUT2D eigenvalue weighted by Crippen LogP contribution is 2.05. The molecule has 1 aliphatic heterocycles. The minimum Gasteiger partial charge on any atom is -0.370 e. The second-order valence-electron chi connectivity index (χ2n) is 4.31. The van der Waals surface area contributed by atoms with Crippen molar-refractivity contribution in [2.24, 2.45) is 5.73 Å². The van der Waals surface area contributed by atoms with Gasteiger partial charge >= 0.3 is 0 Å². The third-order valence-electron chi connectivity index (χ3n) is 3.03. The van der Waals surface area contributed by atoms with Crippen LogP contribution < -0.4 is 11.1 Å². The average Bonchev–Trinajstić information content (AvgIpc) is 2.18. The predicted molar refractivity (Wildman–Crippen MR) is 66.4 cm³/mol. The highest BCUT2D eigenvalue weighted by Gasteiger charge is 2.24. The molecule has 6 nitrogen and oxygen atoms in total. The van der Waals surface area contributed by atoms with Crippen molar-refractivity contribution in [2.45, 2.75) is 19.4 Å². The van der Waals surface area contributed by atoms with Gasteiger partial charge in [-0.25, -0.2) is 8.42 Å². The van der Waals surface area contributed by atoms with Crippen LogP contribution in [0, 0.1) is 0 Å². The maximum absolute atomic E-state index is 11.6. The fraction of sp³-hybridized carbons (Fsp3) is 0.900. The van der Waals surface area contributed by atoms with Crippen LogP contribution in [-0.2, 0) is 14.6 Å². The van der Waals surface area contributed by atoms with E-state index in [0.29, 0.717) is 12.6 Å². The van der Waals surface area contributed by atoms with Crippen LogP contribution in [0.25, 0.3) is 0 Å². The van der Waals surface area contributed by atoms with E-state index in [1.54, 1.807) is 0 Å². The number of nitrogens with two attached hydrogens (primary N) is 1. The van der Waals surface area contributed by atoms with Crippen LogP contribution in [0.15, 0.2) is 0 Å². The van der Waals surface area contributed by atoms with E-state index >= 15 is 0 Å². The summed E-state index contributed by atoms with van der Waals surface area (Å²) < 4.78 is 23.3. The zero-order valence-corrected chi connectivity index (χ0v) is 11.0. The molecule has 0 aromatic rings. The molecule has 0 saturated carbocycles. The van der Waals surface area contributed by atoms with E-state index in [1.807, 2.05) is 6.92 Å². The number of rotatable bonds is 8. The van der Waals surface area contributed by atoms with Gasteiger partial charge in [0.15, 0.2) is 9.84 Å². The van der Waals surface area contributed by atoms with Gasteiger partial charge < -0.3 is 11.1 Å². The van der Waals surface area contributed by atoms with Gasteiger partial charge in [-0.1, -0.05) is 6.92 Å². The lowest BCUT2D eigenvalue weighted by Gasteiger charge is -2.37. The fourth-order valence-corrected chi connectivity index (χ4v) is 2.97. The third-order valence-corrected chi connectivity index (χ3v) is 4.66. The zero-order chi connectivity index (χ0) is 12.9. The van der Waals surface area contributed by atoms with Crippen LogP contribution in [0.5, 0.6) is 0 Å². The van der Waals surface area contributed by atoms with E-state index in [0.717, 1.165) is 19.6 Å². The molecule has 7 heteroatoms. The van der Waals surface area contributed by atoms with E-state index in [2.05, 4.69) is 10.2 Å². The van der Waals surface area contributed by atoms with Crippen molar-refractivity contribution in [1.82, 2.24) is 10.2 Å². The Morgan fingerprint density at radius 2 is 2.06 bits per heavy atom. The number of sulfone groups is 1. The second kappa shape index (κ2) is 6.32. The Hall–Kier alpha value is -0.660. The van der Waals surface area contributed by atoms with E-state index in [4.69, 9.17) is 5.73 Å². The maximum atomic E-state index is 11.6. The van der Waals surface area contributed by atoms with Gasteiger partial charge in [0.1, 0.15) is 0 Å². The Morgan fingerprint density at radius 3 is 2.47 bits per heavy atom. The molecule has 100 valence electrons. The van der Waals surface area contributed by atoms with Crippen LogP contribution in [0.2, 0.25) is 0 Å². The molecule has 1 fully saturated rings. The molecule has 1 heterocycles. The quantitative estimate of drug-likeness (QED) is 0.560. The van der Waals surface area contributed by atoms with Crippen LogP contribution in [-0.4, -0.2) is 63.0 Å². The van der Waals surface area contributed by atoms with Gasteiger partial charge in [-0.3, -0.25) is 9.69 Å². The SMILES string of the molecule is CCN(CCS(=O)(=O)CCC(N)=O)C1CNC1. The summed E-state index contributed by atoms with van der Waals surface area (Å²) in [5, 5.41) is 3.16. The molecule has 1 amide bonds. The van der Waals surface area contributed by atoms with Crippen molar-refractivity contribution in [3.63, 3.8) is 0 Å². The Bertz CT molecular complexity index is 352. The average molecular weight is 263 g/mol. The maximum Gasteiger partial charge on any atom is 0.218 e. The first kappa shape index (κ1) is 14.4. The molecule has 1 aliphatic rings. The molecule has 17 heavy (non-hydrogen) atoms. The summed E-state index contributed by atoms with van der Waals surface area (Å²) in [5.74, 6) is -0.600. The van der Waals surface area contributed by atoms with Crippen molar-refractivity contribution in [3.05, 3.63) is 0 Å². The molecule has 0 aromatic heterocycles. The summed E-state index contributed by atoms with van der Waals surface area (Å²) in [6.07, 6.45) is -0.0839. The summed E-state index contributed by atoms with van der Waals surface area (Å²) in [4.78, 5) is 12.7. The number of nitrogens with one attached hydrogen (secondary N) is 1. The molecule has 0 aromatic carbocycles. The molecular formula is C10H21N3O3S. The number of amides is 1. The summed E-state index contributed by atoms with van der Waals surface area (Å²) >= 11 is 0. The molecule has 0 bridgehead atoms. The highest BCUT2D eigenvalue weighted by molar-refractivity contribution is 7.91. The standard InChI is InChI=1S/C10H21N3O3S/c1-2-13(9-7-12-8-9)4-6-17(15,16)5-3-10(11)14/h9,12H,2-8H2,1H3,(H2,11,14). The highest BCUT2D eigenvalue weighted by atomic mass is 32.2. The first-order valence-corrected chi connectivity index (χ1v) is 7.70. The third kappa shape index (κ3) is 5.01. The monoisotopic (exact) mass is 263 g/mol. The van der Waals surface area contributed by atoms with Gasteiger partial charge in [0.2, 0.25) is 5.91 Å². The Labute approximate surface area is 102 Å². The molecule has 1 rings (SSSR count). The lowest BCUT2D eigenvalue weighted by Crippen LogP contribution is -2.57. The van der Waals surface area contributed by atoms with Gasteiger partial charge in [-0.05, 0) is 6.54 Å². The van der Waals surface area contributed by atoms with E-state index in [-0.39, 0.29) is 17.9 Å². The Kier molecular flexibility index (Phi) is 5.35. The van der Waals surface area contributed by atoms with Gasteiger partial charge in [-0.15, -0.1) is 0 Å². The normalized spacial score (nSPS) is 17.1. The number of carbonyl (C=O) groups excluding carboxylic acids is 1. The summed E-state index contributed by atoms with van der Waals surface area (Å²) in [6, 6.07) is 0.450. The molecule has 0 atom stereocenters. The van der Waals surface area contributed by atoms with Crippen molar-refractivity contribution in [3.8, 4) is 0 Å². The minimum atomic E-state index is -3.16. The topological polar surface area (TPSA) is 92.5 Å². The molecular weight excluding hydrogens is 242 g/mol. The number of carbonyl (C=O) groups is 1. The lowest BCUT2D eigenvalue weighted by molar-refractivity contribution is -0.117. The van der Waals surface area contributed by atoms with Gasteiger partial charge in [0.25, 0.3) is 0 Å². The van der Waals surface area contributed by atoms with Crippen molar-refractivity contribution < 1.29 is 13.2 Å². The summed E-state index contributed by atoms with van der Waals surface area (Å²) in [6.45, 7) is 5.25. The van der Waals surface area contributed by atoms with Crippen molar-refractivity contribution in [1.29, 1.82) is 0 Å². The van der Waals surface area contributed by atoms with Gasteiger partial charge in [0, 0.05) is 32.1 Å². The van der Waals surface area contributed by atoms with E-state index in [9.17, 15) is 13.2 Å². The summed E-state index contributed by atoms with van der Waals surface area (Å²) in [7, 11) is -3.16. The number of hydrogen-bond acceptors (Lipinski definition) is 5. The molecule has 0 unspecified atom stereocenters. The molecule has 0 spiro atoms. The minimum absolute atomic E-state index is 0.0839. The molecule has 1 saturated heterocycles. The number of nitrogens with zero attached hydrogens (tertiary/aromatic N) is 1. The van der Waals surface area contributed by atoms with Gasteiger partial charge in [-0.2, -0.15) is 0 Å². The molecule has 0 aliphatic carbocycles. The largest absolute Gasteiger partial charge is 0.370 e. The predicted octanol–water partition coefficient (Wildman–Crippen LogP) is -1.43. The second-order valence-corrected chi connectivity index (χ2v) is 6.61. The lowest BCUT2D eigenvalue weighted by atomic mass is 10.1. The molecule has 3 N–H and O–H groups in total. The summed E-state index contributed by atoms with van der Waals surface area (Å²) in [5.41, 5.74) is 4.94. The van der Waals surface area contributed by atoms with Crippen LogP contribution >= 0.6 is 0 Å². The van der Waals surface area contributed by atoms with Crippen LogP contribution in [0.1, 0.15) is 13.3 Å². The Balaban J connectivity index is 2.34. The number of primary amides is 1. The first-order valence-electron chi connectivity index (χ1n) is 5.88. The van der Waals surface area contributed by atoms with E-state index in [1.165, 1.54) is 0 Å². The fourth-order valence-electron chi connectivity index (χ4n) is 1.75. The van der Waals surface area contributed by atoms with Gasteiger partial charge in [0.05, 0.1) is 11.5 Å². The smallest absolute Gasteiger partial charge is 0.218 e. The Morgan fingerprint density at radius 1 is 1.41 bits per heavy atom. The number of hydrogen-bond donors (Lipinski definition) is 2.